The number of unbranched alkanes of at least 4 members (excludes halogenated alkanes) is 3. The summed E-state index contributed by atoms with van der Waals surface area (Å²) in [4.78, 5) is 0. The van der Waals surface area contributed by atoms with Crippen molar-refractivity contribution in [1.82, 2.24) is 5.32 Å². The van der Waals surface area contributed by atoms with E-state index in [-0.39, 0.29) is 0 Å². The van der Waals surface area contributed by atoms with Gasteiger partial charge in [-0.05, 0) is 47.1 Å². The largest absolute Gasteiger partial charge is 0.492 e. The van der Waals surface area contributed by atoms with Crippen LogP contribution in [0.5, 0.6) is 5.75 Å². The molecule has 0 aliphatic heterocycles. The fraction of sp³-hybridized carbons (Fsp3) is 0.571. The van der Waals surface area contributed by atoms with E-state index in [0.29, 0.717) is 0 Å². The molecule has 96 valence electrons. The molecule has 0 radical (unpaired) electrons. The van der Waals surface area contributed by atoms with E-state index in [9.17, 15) is 0 Å². The zero-order valence-electron chi connectivity index (χ0n) is 10.8. The Hall–Kier alpha value is -0.540. The van der Waals surface area contributed by atoms with E-state index in [1.54, 1.807) is 0 Å². The summed E-state index contributed by atoms with van der Waals surface area (Å²) >= 11 is 3.55. The van der Waals surface area contributed by atoms with Crippen LogP contribution in [0, 0.1) is 0 Å². The number of benzene rings is 1. The molecule has 3 heteroatoms. The molecule has 1 rings (SSSR count). The van der Waals surface area contributed by atoms with Gasteiger partial charge < -0.3 is 10.1 Å². The molecule has 1 aromatic rings. The van der Waals surface area contributed by atoms with Crippen LogP contribution in [-0.4, -0.2) is 13.7 Å². The molecule has 0 aliphatic rings. The van der Waals surface area contributed by atoms with Crippen molar-refractivity contribution in [2.75, 3.05) is 13.7 Å². The molecular formula is C14H22BrNO. The Morgan fingerprint density at radius 2 is 2.06 bits per heavy atom. The lowest BCUT2D eigenvalue weighted by Gasteiger charge is -2.09. The van der Waals surface area contributed by atoms with Crippen molar-refractivity contribution in [2.24, 2.45) is 0 Å². The van der Waals surface area contributed by atoms with Crippen LogP contribution in [0.3, 0.4) is 0 Å². The van der Waals surface area contributed by atoms with Crippen LogP contribution >= 0.6 is 15.9 Å². The number of halogens is 1. The van der Waals surface area contributed by atoms with Gasteiger partial charge in [-0.25, -0.2) is 0 Å². The van der Waals surface area contributed by atoms with Gasteiger partial charge in [0, 0.05) is 6.54 Å². The summed E-state index contributed by atoms with van der Waals surface area (Å²) in [6.45, 7) is 3.91. The topological polar surface area (TPSA) is 21.3 Å². The first-order chi connectivity index (χ1) is 8.27. The molecule has 0 amide bonds. The number of hydrogen-bond acceptors (Lipinski definition) is 2. The fourth-order valence-electron chi connectivity index (χ4n) is 1.69. The average molecular weight is 300 g/mol. The summed E-state index contributed by atoms with van der Waals surface area (Å²) in [5, 5.41) is 3.14. The van der Waals surface area contributed by atoms with Gasteiger partial charge in [-0.3, -0.25) is 0 Å². The van der Waals surface area contributed by atoms with Crippen molar-refractivity contribution in [1.29, 1.82) is 0 Å². The van der Waals surface area contributed by atoms with Crippen molar-refractivity contribution in [3.05, 3.63) is 28.2 Å². The van der Waals surface area contributed by atoms with E-state index >= 15 is 0 Å². The highest BCUT2D eigenvalue weighted by Gasteiger charge is 2.02. The van der Waals surface area contributed by atoms with E-state index in [1.807, 2.05) is 13.1 Å². The summed E-state index contributed by atoms with van der Waals surface area (Å²) < 4.78 is 6.79. The second kappa shape index (κ2) is 8.54. The van der Waals surface area contributed by atoms with Crippen molar-refractivity contribution in [2.45, 2.75) is 39.2 Å². The highest BCUT2D eigenvalue weighted by atomic mass is 79.9. The predicted molar refractivity (Wildman–Crippen MR) is 76.5 cm³/mol. The third-order valence-corrected chi connectivity index (χ3v) is 3.25. The second-order valence-electron chi connectivity index (χ2n) is 4.20. The Bertz CT molecular complexity index is 328. The lowest BCUT2D eigenvalue weighted by Crippen LogP contribution is -2.05. The molecule has 1 N–H and O–H groups in total. The first kappa shape index (κ1) is 14.5. The van der Waals surface area contributed by atoms with E-state index < -0.39 is 0 Å². The zero-order valence-corrected chi connectivity index (χ0v) is 12.3. The highest BCUT2D eigenvalue weighted by molar-refractivity contribution is 9.10. The van der Waals surface area contributed by atoms with Crippen molar-refractivity contribution in [3.63, 3.8) is 0 Å². The number of ether oxygens (including phenoxy) is 1. The van der Waals surface area contributed by atoms with E-state index in [1.165, 1.54) is 24.8 Å². The number of nitrogens with one attached hydrogen (secondary N) is 1. The SMILES string of the molecule is CCCCCCOc1ccc(CNC)cc1Br. The van der Waals surface area contributed by atoms with Crippen LogP contribution in [0.25, 0.3) is 0 Å². The van der Waals surface area contributed by atoms with E-state index in [4.69, 9.17) is 4.74 Å². The van der Waals surface area contributed by atoms with Gasteiger partial charge in [0.1, 0.15) is 5.75 Å². The first-order valence-electron chi connectivity index (χ1n) is 6.33. The van der Waals surface area contributed by atoms with Crippen molar-refractivity contribution in [3.8, 4) is 5.75 Å². The van der Waals surface area contributed by atoms with Gasteiger partial charge in [-0.2, -0.15) is 0 Å². The predicted octanol–water partition coefficient (Wildman–Crippen LogP) is 4.13. The van der Waals surface area contributed by atoms with Crippen LogP contribution in [0.2, 0.25) is 0 Å². The van der Waals surface area contributed by atoms with Crippen LogP contribution < -0.4 is 10.1 Å². The molecule has 0 unspecified atom stereocenters. The lowest BCUT2D eigenvalue weighted by molar-refractivity contribution is 0.303. The Balaban J connectivity index is 2.38. The lowest BCUT2D eigenvalue weighted by atomic mass is 10.2. The second-order valence-corrected chi connectivity index (χ2v) is 5.06. The van der Waals surface area contributed by atoms with Gasteiger partial charge in [0.25, 0.3) is 0 Å². The number of rotatable bonds is 8. The quantitative estimate of drug-likeness (QED) is 0.729. The Labute approximate surface area is 113 Å². The third kappa shape index (κ3) is 5.55. The fourth-order valence-corrected chi connectivity index (χ4v) is 2.23. The highest BCUT2D eigenvalue weighted by Crippen LogP contribution is 2.26. The van der Waals surface area contributed by atoms with Crippen molar-refractivity contribution >= 4 is 15.9 Å². The Morgan fingerprint density at radius 3 is 2.71 bits per heavy atom. The normalized spacial score (nSPS) is 10.5. The number of hydrogen-bond donors (Lipinski definition) is 1. The molecule has 0 aromatic heterocycles. The van der Waals surface area contributed by atoms with Crippen LogP contribution in [0.1, 0.15) is 38.2 Å². The molecule has 0 saturated heterocycles. The summed E-state index contributed by atoms with van der Waals surface area (Å²) in [5.74, 6) is 0.946. The molecule has 0 saturated carbocycles. The summed E-state index contributed by atoms with van der Waals surface area (Å²) in [5.41, 5.74) is 1.26. The maximum absolute atomic E-state index is 5.75. The molecule has 17 heavy (non-hydrogen) atoms. The summed E-state index contributed by atoms with van der Waals surface area (Å²) in [6, 6.07) is 6.25. The molecule has 0 bridgehead atoms. The van der Waals surface area contributed by atoms with Gasteiger partial charge >= 0.3 is 0 Å². The molecular weight excluding hydrogens is 278 g/mol. The third-order valence-electron chi connectivity index (χ3n) is 2.63. The molecule has 0 fully saturated rings. The molecule has 0 spiro atoms. The van der Waals surface area contributed by atoms with Crippen LogP contribution in [-0.2, 0) is 6.54 Å². The van der Waals surface area contributed by atoms with Gasteiger partial charge in [0.2, 0.25) is 0 Å². The minimum atomic E-state index is 0.809. The standard InChI is InChI=1S/C14H22BrNO/c1-3-4-5-6-9-17-14-8-7-12(11-16-2)10-13(14)15/h7-8,10,16H,3-6,9,11H2,1-2H3. The van der Waals surface area contributed by atoms with Crippen LogP contribution in [0.4, 0.5) is 0 Å². The maximum atomic E-state index is 5.75. The molecule has 0 atom stereocenters. The molecule has 1 aromatic carbocycles. The smallest absolute Gasteiger partial charge is 0.133 e. The van der Waals surface area contributed by atoms with Gasteiger partial charge in [0.05, 0.1) is 11.1 Å². The summed E-state index contributed by atoms with van der Waals surface area (Å²) in [7, 11) is 1.95. The minimum Gasteiger partial charge on any atom is -0.492 e. The van der Waals surface area contributed by atoms with Gasteiger partial charge in [-0.15, -0.1) is 0 Å². The first-order valence-corrected chi connectivity index (χ1v) is 7.13. The molecule has 2 nitrogen and oxygen atoms in total. The van der Waals surface area contributed by atoms with Crippen molar-refractivity contribution < 1.29 is 4.74 Å². The van der Waals surface area contributed by atoms with E-state index in [0.717, 1.165) is 29.8 Å². The Kier molecular flexibility index (Phi) is 7.29. The summed E-state index contributed by atoms with van der Waals surface area (Å²) in [6.07, 6.45) is 4.96. The Morgan fingerprint density at radius 1 is 1.24 bits per heavy atom. The zero-order chi connectivity index (χ0) is 12.5. The molecule has 0 heterocycles. The molecule has 0 aliphatic carbocycles. The monoisotopic (exact) mass is 299 g/mol. The van der Waals surface area contributed by atoms with Gasteiger partial charge in [0.15, 0.2) is 0 Å². The minimum absolute atomic E-state index is 0.809. The van der Waals surface area contributed by atoms with E-state index in [2.05, 4.69) is 40.3 Å². The van der Waals surface area contributed by atoms with Crippen LogP contribution in [0.15, 0.2) is 22.7 Å². The van der Waals surface area contributed by atoms with Gasteiger partial charge in [-0.1, -0.05) is 32.3 Å². The maximum Gasteiger partial charge on any atom is 0.133 e. The average Bonchev–Trinajstić information content (AvgIpc) is 2.32.